The maximum atomic E-state index is 4.99. The minimum atomic E-state index is 0.268. The van der Waals surface area contributed by atoms with Gasteiger partial charge in [-0.2, -0.15) is 5.10 Å². The summed E-state index contributed by atoms with van der Waals surface area (Å²) in [6, 6.07) is 13.6. The topological polar surface area (TPSA) is 83.1 Å². The Bertz CT molecular complexity index is 2090. The van der Waals surface area contributed by atoms with Crippen molar-refractivity contribution in [1.29, 1.82) is 0 Å². The molecule has 6 nitrogen and oxygen atoms in total. The molecule has 2 N–H and O–H groups in total. The molecule has 3 aromatic carbocycles. The number of aryl methyl sites for hydroxylation is 2. The first-order valence-electron chi connectivity index (χ1n) is 13.7. The molecule has 192 valence electrons. The van der Waals surface area contributed by atoms with Crippen molar-refractivity contribution < 1.29 is 0 Å². The number of nitrogens with zero attached hydrogens (tertiary/aromatic N) is 4. The number of benzene rings is 3. The molecule has 0 radical (unpaired) electrons. The fourth-order valence-corrected chi connectivity index (χ4v) is 7.24. The highest BCUT2D eigenvalue weighted by Gasteiger charge is 2.24. The smallest absolute Gasteiger partial charge is 0.132 e. The average molecular weight is 529 g/mol. The van der Waals surface area contributed by atoms with Gasteiger partial charge in [-0.1, -0.05) is 52.0 Å². The first-order chi connectivity index (χ1) is 19.0. The molecule has 0 amide bonds. The van der Waals surface area contributed by atoms with E-state index >= 15 is 0 Å². The van der Waals surface area contributed by atoms with Crippen molar-refractivity contribution in [3.8, 4) is 21.7 Å². The predicted molar refractivity (Wildman–Crippen MR) is 161 cm³/mol. The summed E-state index contributed by atoms with van der Waals surface area (Å²) < 4.78 is 1.38. The van der Waals surface area contributed by atoms with Gasteiger partial charge in [-0.05, 0) is 46.9 Å². The summed E-state index contributed by atoms with van der Waals surface area (Å²) in [5, 5.41) is 13.1. The maximum absolute atomic E-state index is 4.99. The van der Waals surface area contributed by atoms with Crippen LogP contribution in [0.1, 0.15) is 62.4 Å². The van der Waals surface area contributed by atoms with Gasteiger partial charge in [0.2, 0.25) is 0 Å². The van der Waals surface area contributed by atoms with Gasteiger partial charge in [-0.25, -0.2) is 15.0 Å². The molecule has 7 heteroatoms. The number of hydrogen-bond acceptors (Lipinski definition) is 5. The van der Waals surface area contributed by atoms with Crippen molar-refractivity contribution in [3.63, 3.8) is 0 Å². The van der Waals surface area contributed by atoms with E-state index in [9.17, 15) is 0 Å². The number of hydrogen-bond donors (Lipinski definition) is 2. The maximum Gasteiger partial charge on any atom is 0.132 e. The summed E-state index contributed by atoms with van der Waals surface area (Å²) in [7, 11) is 0. The zero-order chi connectivity index (χ0) is 26.4. The molecule has 8 rings (SSSR count). The number of fused-ring (bicyclic) bond motifs is 11. The number of nitrogens with one attached hydrogen (secondary N) is 2. The van der Waals surface area contributed by atoms with Crippen molar-refractivity contribution in [2.75, 3.05) is 0 Å². The Hall–Kier alpha value is -4.10. The Morgan fingerprint density at radius 2 is 1.67 bits per heavy atom. The van der Waals surface area contributed by atoms with Gasteiger partial charge < -0.3 is 4.98 Å². The van der Waals surface area contributed by atoms with Gasteiger partial charge in [0.1, 0.15) is 17.2 Å². The molecule has 0 unspecified atom stereocenters. The summed E-state index contributed by atoms with van der Waals surface area (Å²) >= 11 is 1.89. The van der Waals surface area contributed by atoms with Crippen LogP contribution in [0, 0.1) is 0 Å². The van der Waals surface area contributed by atoms with Crippen molar-refractivity contribution in [3.05, 3.63) is 71.7 Å². The van der Waals surface area contributed by atoms with E-state index in [1.54, 1.807) is 0 Å². The molecule has 1 aliphatic rings. The SMILES string of the molecule is CC(C)c1nc2c3ccc(-c4cc5ccc6c(c5s4)CCc4[nH]c(C(C)C)nc4-6)cc3c3c[nH]ncc3c2n1. The Kier molecular flexibility index (Phi) is 4.80. The highest BCUT2D eigenvalue weighted by atomic mass is 32.1. The summed E-state index contributed by atoms with van der Waals surface area (Å²) in [5.41, 5.74) is 8.24. The minimum absolute atomic E-state index is 0.268. The molecule has 4 heterocycles. The van der Waals surface area contributed by atoms with Crippen LogP contribution in [0.3, 0.4) is 0 Å². The Labute approximate surface area is 229 Å². The standard InChI is InChI=1S/C32H28N6S/c1-15(2)31-35-25-10-9-21-19(27(25)36-31)8-6-18-12-26(39-30(18)21)17-5-7-20-22(11-17)23-13-33-34-14-24(23)29-28(20)37-32(38-29)16(3)4/h5-8,11-16,33H,9-10H2,1-4H3,(H,35,36). The Balaban J connectivity index is 1.31. The summed E-state index contributed by atoms with van der Waals surface area (Å²) in [4.78, 5) is 19.7. The zero-order valence-electron chi connectivity index (χ0n) is 22.4. The van der Waals surface area contributed by atoms with Gasteiger partial charge in [0.25, 0.3) is 0 Å². The van der Waals surface area contributed by atoms with Crippen LogP contribution in [-0.2, 0) is 12.8 Å². The second-order valence-electron chi connectivity index (χ2n) is 11.3. The molecule has 39 heavy (non-hydrogen) atoms. The van der Waals surface area contributed by atoms with Crippen LogP contribution in [0.25, 0.3) is 64.4 Å². The average Bonchev–Trinajstić information content (AvgIpc) is 3.69. The second-order valence-corrected chi connectivity index (χ2v) is 12.3. The molecule has 7 aromatic rings. The highest BCUT2D eigenvalue weighted by Crippen LogP contribution is 2.44. The number of rotatable bonds is 3. The van der Waals surface area contributed by atoms with Crippen LogP contribution in [0.15, 0.2) is 48.8 Å². The molecule has 0 saturated heterocycles. The minimum Gasteiger partial charge on any atom is -0.345 e. The first kappa shape index (κ1) is 22.8. The van der Waals surface area contributed by atoms with E-state index in [2.05, 4.69) is 79.3 Å². The van der Waals surface area contributed by atoms with Crippen LogP contribution in [0.4, 0.5) is 0 Å². The van der Waals surface area contributed by atoms with E-state index in [0.717, 1.165) is 57.4 Å². The van der Waals surface area contributed by atoms with Gasteiger partial charge in [0.15, 0.2) is 0 Å². The van der Waals surface area contributed by atoms with Crippen LogP contribution in [0.2, 0.25) is 0 Å². The number of aromatic amines is 2. The van der Waals surface area contributed by atoms with Crippen LogP contribution in [0.5, 0.6) is 0 Å². The first-order valence-corrected chi connectivity index (χ1v) is 14.5. The van der Waals surface area contributed by atoms with Crippen molar-refractivity contribution in [1.82, 2.24) is 30.1 Å². The molecule has 0 atom stereocenters. The van der Waals surface area contributed by atoms with Gasteiger partial charge in [-0.3, -0.25) is 5.10 Å². The van der Waals surface area contributed by atoms with Crippen LogP contribution in [-0.4, -0.2) is 30.1 Å². The Morgan fingerprint density at radius 1 is 0.821 bits per heavy atom. The highest BCUT2D eigenvalue weighted by molar-refractivity contribution is 7.22. The van der Waals surface area contributed by atoms with Gasteiger partial charge >= 0.3 is 0 Å². The molecular formula is C32H28N6S. The fraction of sp³-hybridized carbons (Fsp3) is 0.250. The molecule has 0 saturated carbocycles. The summed E-state index contributed by atoms with van der Waals surface area (Å²) in [6.07, 6.45) is 5.91. The van der Waals surface area contributed by atoms with E-state index < -0.39 is 0 Å². The van der Waals surface area contributed by atoms with Gasteiger partial charge in [0.05, 0.1) is 17.4 Å². The largest absolute Gasteiger partial charge is 0.345 e. The quantitative estimate of drug-likeness (QED) is 0.226. The normalized spacial score (nSPS) is 13.4. The van der Waals surface area contributed by atoms with Crippen molar-refractivity contribution in [2.24, 2.45) is 0 Å². The third-order valence-corrected chi connectivity index (χ3v) is 9.34. The molecular weight excluding hydrogens is 500 g/mol. The zero-order valence-corrected chi connectivity index (χ0v) is 23.2. The number of imidazole rings is 2. The number of thiophene rings is 1. The van der Waals surface area contributed by atoms with Crippen molar-refractivity contribution >= 4 is 54.0 Å². The van der Waals surface area contributed by atoms with Crippen LogP contribution >= 0.6 is 11.3 Å². The number of H-pyrrole nitrogens is 2. The number of aromatic nitrogens is 6. The third kappa shape index (κ3) is 3.32. The molecule has 4 aromatic heterocycles. The molecule has 0 spiro atoms. The van der Waals surface area contributed by atoms with Gasteiger partial charge in [-0.15, -0.1) is 11.3 Å². The summed E-state index contributed by atoms with van der Waals surface area (Å²) in [5.74, 6) is 2.63. The molecule has 0 bridgehead atoms. The lowest BCUT2D eigenvalue weighted by molar-refractivity contribution is 0.787. The summed E-state index contributed by atoms with van der Waals surface area (Å²) in [6.45, 7) is 8.66. The fourth-order valence-electron chi connectivity index (χ4n) is 6.01. The lowest BCUT2D eigenvalue weighted by atomic mass is 9.91. The molecule has 0 fully saturated rings. The van der Waals surface area contributed by atoms with E-state index in [1.165, 1.54) is 42.7 Å². The Morgan fingerprint density at radius 3 is 2.49 bits per heavy atom. The third-order valence-electron chi connectivity index (χ3n) is 8.08. The van der Waals surface area contributed by atoms with Gasteiger partial charge in [0, 0.05) is 55.0 Å². The molecule has 0 aliphatic heterocycles. The lowest BCUT2D eigenvalue weighted by Gasteiger charge is -2.15. The second kappa shape index (κ2) is 8.20. The van der Waals surface area contributed by atoms with E-state index in [0.29, 0.717) is 5.92 Å². The van der Waals surface area contributed by atoms with E-state index in [-0.39, 0.29) is 5.92 Å². The van der Waals surface area contributed by atoms with E-state index in [4.69, 9.17) is 15.0 Å². The van der Waals surface area contributed by atoms with Crippen LogP contribution < -0.4 is 0 Å². The molecule has 1 aliphatic carbocycles. The monoisotopic (exact) mass is 528 g/mol. The lowest BCUT2D eigenvalue weighted by Crippen LogP contribution is -2.03. The predicted octanol–water partition coefficient (Wildman–Crippen LogP) is 8.28. The van der Waals surface area contributed by atoms with Crippen molar-refractivity contribution in [2.45, 2.75) is 52.4 Å². The van der Waals surface area contributed by atoms with E-state index in [1.807, 2.05) is 23.7 Å².